The Morgan fingerprint density at radius 1 is 1.41 bits per heavy atom. The van der Waals surface area contributed by atoms with E-state index in [2.05, 4.69) is 19.6 Å². The second kappa shape index (κ2) is 6.64. The van der Waals surface area contributed by atoms with Gasteiger partial charge in [0.15, 0.2) is 0 Å². The van der Waals surface area contributed by atoms with Gasteiger partial charge in [-0.1, -0.05) is 13.8 Å². The van der Waals surface area contributed by atoms with E-state index in [-0.39, 0.29) is 17.1 Å². The maximum absolute atomic E-state index is 12.4. The zero-order valence-corrected chi connectivity index (χ0v) is 12.2. The van der Waals surface area contributed by atoms with Gasteiger partial charge in [-0.3, -0.25) is 4.79 Å². The summed E-state index contributed by atoms with van der Waals surface area (Å²) in [6, 6.07) is 0.325. The molecule has 0 heterocycles. The summed E-state index contributed by atoms with van der Waals surface area (Å²) in [5.41, 5.74) is 0. The van der Waals surface area contributed by atoms with Gasteiger partial charge in [0.25, 0.3) is 0 Å². The van der Waals surface area contributed by atoms with Gasteiger partial charge in [-0.05, 0) is 31.6 Å². The SMILES string of the molecule is COCCN(C(=O)C(S)C(C)C)C(C)C1CC1. The topological polar surface area (TPSA) is 29.5 Å². The van der Waals surface area contributed by atoms with Crippen molar-refractivity contribution in [2.45, 2.75) is 44.9 Å². The minimum Gasteiger partial charge on any atom is -0.383 e. The van der Waals surface area contributed by atoms with Gasteiger partial charge in [0, 0.05) is 19.7 Å². The second-order valence-electron chi connectivity index (χ2n) is 5.29. The van der Waals surface area contributed by atoms with Gasteiger partial charge in [-0.25, -0.2) is 0 Å². The number of carbonyl (C=O) groups excluding carboxylic acids is 1. The number of hydrogen-bond donors (Lipinski definition) is 1. The van der Waals surface area contributed by atoms with E-state index in [4.69, 9.17) is 4.74 Å². The Morgan fingerprint density at radius 2 is 2.00 bits per heavy atom. The Morgan fingerprint density at radius 3 is 2.41 bits per heavy atom. The summed E-state index contributed by atoms with van der Waals surface area (Å²) in [5, 5.41) is -0.201. The maximum atomic E-state index is 12.4. The van der Waals surface area contributed by atoms with E-state index in [1.807, 2.05) is 18.7 Å². The van der Waals surface area contributed by atoms with Gasteiger partial charge in [0.2, 0.25) is 5.91 Å². The molecule has 0 saturated heterocycles. The van der Waals surface area contributed by atoms with E-state index in [1.165, 1.54) is 12.8 Å². The zero-order chi connectivity index (χ0) is 13.0. The Labute approximate surface area is 110 Å². The molecule has 1 aliphatic rings. The van der Waals surface area contributed by atoms with Crippen molar-refractivity contribution < 1.29 is 9.53 Å². The Balaban J connectivity index is 2.63. The molecular weight excluding hydrogens is 234 g/mol. The van der Waals surface area contributed by atoms with Crippen molar-refractivity contribution in [1.29, 1.82) is 0 Å². The lowest BCUT2D eigenvalue weighted by molar-refractivity contribution is -0.134. The molecule has 3 nitrogen and oxygen atoms in total. The first kappa shape index (κ1) is 14.8. The van der Waals surface area contributed by atoms with Gasteiger partial charge < -0.3 is 9.64 Å². The highest BCUT2D eigenvalue weighted by Gasteiger charge is 2.36. The first-order valence-electron chi connectivity index (χ1n) is 6.46. The third kappa shape index (κ3) is 4.18. The van der Waals surface area contributed by atoms with E-state index < -0.39 is 0 Å². The fourth-order valence-corrected chi connectivity index (χ4v) is 2.14. The van der Waals surface area contributed by atoms with E-state index in [9.17, 15) is 4.79 Å². The number of rotatable bonds is 7. The number of ether oxygens (including phenoxy) is 1. The van der Waals surface area contributed by atoms with Crippen LogP contribution in [0.15, 0.2) is 0 Å². The summed E-state index contributed by atoms with van der Waals surface area (Å²) in [4.78, 5) is 14.3. The summed E-state index contributed by atoms with van der Waals surface area (Å²) in [7, 11) is 1.67. The van der Waals surface area contributed by atoms with Crippen LogP contribution in [0.2, 0.25) is 0 Å². The molecule has 2 atom stereocenters. The summed E-state index contributed by atoms with van der Waals surface area (Å²) < 4.78 is 5.09. The van der Waals surface area contributed by atoms with Crippen LogP contribution in [0.5, 0.6) is 0 Å². The summed E-state index contributed by atoms with van der Waals surface area (Å²) in [6.07, 6.45) is 2.49. The van der Waals surface area contributed by atoms with Crippen molar-refractivity contribution in [2.24, 2.45) is 11.8 Å². The van der Waals surface area contributed by atoms with Gasteiger partial charge in [0.05, 0.1) is 11.9 Å². The highest BCUT2D eigenvalue weighted by atomic mass is 32.1. The monoisotopic (exact) mass is 259 g/mol. The third-order valence-corrected chi connectivity index (χ3v) is 4.32. The van der Waals surface area contributed by atoms with Crippen molar-refractivity contribution >= 4 is 18.5 Å². The molecule has 1 amide bonds. The molecule has 0 radical (unpaired) electrons. The Kier molecular flexibility index (Phi) is 5.80. The van der Waals surface area contributed by atoms with Crippen LogP contribution in [0, 0.1) is 11.8 Å². The lowest BCUT2D eigenvalue weighted by Crippen LogP contribution is -2.46. The molecule has 4 heteroatoms. The molecule has 0 aromatic rings. The fourth-order valence-electron chi connectivity index (χ4n) is 1.99. The van der Waals surface area contributed by atoms with Crippen LogP contribution < -0.4 is 0 Å². The molecule has 0 bridgehead atoms. The molecule has 0 N–H and O–H groups in total. The normalized spacial score (nSPS) is 19.2. The van der Waals surface area contributed by atoms with Crippen LogP contribution in [-0.4, -0.2) is 42.4 Å². The maximum Gasteiger partial charge on any atom is 0.236 e. The molecule has 100 valence electrons. The first-order valence-corrected chi connectivity index (χ1v) is 6.98. The number of thiol groups is 1. The number of carbonyl (C=O) groups is 1. The van der Waals surface area contributed by atoms with Gasteiger partial charge in [-0.2, -0.15) is 12.6 Å². The lowest BCUT2D eigenvalue weighted by atomic mass is 10.1. The number of amides is 1. The quantitative estimate of drug-likeness (QED) is 0.710. The van der Waals surface area contributed by atoms with Gasteiger partial charge >= 0.3 is 0 Å². The van der Waals surface area contributed by atoms with Crippen molar-refractivity contribution in [2.75, 3.05) is 20.3 Å². The predicted octanol–water partition coefficient (Wildman–Crippen LogP) is 2.21. The first-order chi connectivity index (χ1) is 7.99. The molecule has 0 aliphatic heterocycles. The average Bonchev–Trinajstić information content (AvgIpc) is 3.11. The van der Waals surface area contributed by atoms with Gasteiger partial charge in [-0.15, -0.1) is 0 Å². The number of hydrogen-bond acceptors (Lipinski definition) is 3. The number of nitrogens with zero attached hydrogens (tertiary/aromatic N) is 1. The molecule has 1 aliphatic carbocycles. The lowest BCUT2D eigenvalue weighted by Gasteiger charge is -2.32. The largest absolute Gasteiger partial charge is 0.383 e. The summed E-state index contributed by atoms with van der Waals surface area (Å²) in [5.74, 6) is 1.10. The van der Waals surface area contributed by atoms with E-state index in [0.717, 1.165) is 0 Å². The molecule has 0 aromatic heterocycles. The zero-order valence-electron chi connectivity index (χ0n) is 11.3. The van der Waals surface area contributed by atoms with Crippen molar-refractivity contribution in [3.63, 3.8) is 0 Å². The van der Waals surface area contributed by atoms with Crippen LogP contribution in [0.3, 0.4) is 0 Å². The summed E-state index contributed by atoms with van der Waals surface area (Å²) >= 11 is 4.43. The molecule has 1 rings (SSSR count). The predicted molar refractivity (Wildman–Crippen MR) is 73.4 cm³/mol. The van der Waals surface area contributed by atoms with Crippen LogP contribution in [0.4, 0.5) is 0 Å². The molecule has 17 heavy (non-hydrogen) atoms. The van der Waals surface area contributed by atoms with E-state index >= 15 is 0 Å². The highest BCUT2D eigenvalue weighted by molar-refractivity contribution is 7.81. The molecule has 2 unspecified atom stereocenters. The minimum atomic E-state index is -0.201. The summed E-state index contributed by atoms with van der Waals surface area (Å²) in [6.45, 7) is 7.49. The number of methoxy groups -OCH3 is 1. The van der Waals surface area contributed by atoms with Crippen LogP contribution in [0.25, 0.3) is 0 Å². The van der Waals surface area contributed by atoms with Crippen LogP contribution in [-0.2, 0) is 9.53 Å². The van der Waals surface area contributed by atoms with Crippen molar-refractivity contribution in [3.05, 3.63) is 0 Å². The Hall–Kier alpha value is -0.220. The second-order valence-corrected chi connectivity index (χ2v) is 5.85. The molecule has 0 aromatic carbocycles. The van der Waals surface area contributed by atoms with E-state index in [1.54, 1.807) is 7.11 Å². The smallest absolute Gasteiger partial charge is 0.236 e. The van der Waals surface area contributed by atoms with Crippen LogP contribution >= 0.6 is 12.6 Å². The van der Waals surface area contributed by atoms with Gasteiger partial charge in [0.1, 0.15) is 0 Å². The third-order valence-electron chi connectivity index (χ3n) is 3.50. The highest BCUT2D eigenvalue weighted by Crippen LogP contribution is 2.35. The minimum absolute atomic E-state index is 0.153. The molecule has 1 saturated carbocycles. The fraction of sp³-hybridized carbons (Fsp3) is 0.923. The molecule has 0 spiro atoms. The molecule has 1 fully saturated rings. The van der Waals surface area contributed by atoms with Crippen molar-refractivity contribution in [1.82, 2.24) is 4.90 Å². The molecular formula is C13H25NO2S. The Bertz CT molecular complexity index is 254. The standard InChI is InChI=1S/C13H25NO2S/c1-9(2)12(17)13(15)14(7-8-16-4)10(3)11-5-6-11/h9-12,17H,5-8H2,1-4H3. The van der Waals surface area contributed by atoms with E-state index in [0.29, 0.717) is 25.1 Å². The average molecular weight is 259 g/mol. The van der Waals surface area contributed by atoms with Crippen LogP contribution in [0.1, 0.15) is 33.6 Å². The van der Waals surface area contributed by atoms with Crippen molar-refractivity contribution in [3.8, 4) is 0 Å².